The van der Waals surface area contributed by atoms with Gasteiger partial charge in [-0.1, -0.05) is 0 Å². The monoisotopic (exact) mass is 369 g/mol. The Morgan fingerprint density at radius 3 is 2.47 bits per heavy atom. The van der Waals surface area contributed by atoms with Crippen molar-refractivity contribution in [3.8, 4) is 5.82 Å². The smallest absolute Gasteiger partial charge is 0.235 e. The maximum absolute atomic E-state index is 12.4. The van der Waals surface area contributed by atoms with Crippen molar-refractivity contribution in [2.24, 2.45) is 0 Å². The number of alkyl halides is 3. The van der Waals surface area contributed by atoms with Gasteiger partial charge in [0.1, 0.15) is 0 Å². The van der Waals surface area contributed by atoms with Crippen molar-refractivity contribution in [2.45, 2.75) is 6.18 Å². The van der Waals surface area contributed by atoms with E-state index in [0.29, 0.717) is 10.3 Å². The Hall–Kier alpha value is -0.890. The van der Waals surface area contributed by atoms with Gasteiger partial charge in [-0.05, 0) is 44.0 Å². The van der Waals surface area contributed by atoms with E-state index in [1.807, 2.05) is 0 Å². The van der Waals surface area contributed by atoms with Crippen molar-refractivity contribution in [3.63, 3.8) is 0 Å². The van der Waals surface area contributed by atoms with Gasteiger partial charge in [0.2, 0.25) is 0 Å². The fourth-order valence-corrected chi connectivity index (χ4v) is 2.34. The number of hydrogen-bond donors (Lipinski definition) is 0. The van der Waals surface area contributed by atoms with E-state index in [0.717, 1.165) is 15.2 Å². The van der Waals surface area contributed by atoms with Gasteiger partial charge >= 0.3 is 6.18 Å². The molecule has 0 unspecified atom stereocenters. The third-order valence-electron chi connectivity index (χ3n) is 1.88. The molecular weight excluding hydrogens is 367 g/mol. The van der Waals surface area contributed by atoms with E-state index < -0.39 is 11.9 Å². The molecule has 2 aromatic heterocycles. The minimum Gasteiger partial charge on any atom is -0.235 e. The molecule has 0 spiro atoms. The molecule has 3 nitrogen and oxygen atoms in total. The zero-order chi connectivity index (χ0) is 12.6. The van der Waals surface area contributed by atoms with Crippen LogP contribution in [0.4, 0.5) is 13.2 Å². The SMILES string of the molecule is FC(F)(F)c1ccn(-c2ncc(Br)cc2Br)n1. The molecular formula is C9H4Br2F3N3. The summed E-state index contributed by atoms with van der Waals surface area (Å²) >= 11 is 6.41. The normalized spacial score (nSPS) is 11.8. The van der Waals surface area contributed by atoms with Gasteiger partial charge in [-0.3, -0.25) is 0 Å². The second-order valence-corrected chi connectivity index (χ2v) is 4.87. The van der Waals surface area contributed by atoms with Gasteiger partial charge in [0.15, 0.2) is 11.5 Å². The topological polar surface area (TPSA) is 30.7 Å². The second-order valence-electron chi connectivity index (χ2n) is 3.10. The van der Waals surface area contributed by atoms with Crippen LogP contribution < -0.4 is 0 Å². The lowest BCUT2D eigenvalue weighted by atomic mass is 10.4. The van der Waals surface area contributed by atoms with Crippen LogP contribution in [0.1, 0.15) is 5.69 Å². The molecule has 0 aliphatic carbocycles. The summed E-state index contributed by atoms with van der Waals surface area (Å²) in [6.45, 7) is 0. The van der Waals surface area contributed by atoms with Gasteiger partial charge in [0, 0.05) is 16.9 Å². The highest BCUT2D eigenvalue weighted by atomic mass is 79.9. The Morgan fingerprint density at radius 1 is 1.24 bits per heavy atom. The number of rotatable bonds is 1. The van der Waals surface area contributed by atoms with E-state index in [9.17, 15) is 13.2 Å². The summed E-state index contributed by atoms with van der Waals surface area (Å²) in [4.78, 5) is 3.98. The lowest BCUT2D eigenvalue weighted by Crippen LogP contribution is -2.08. The second kappa shape index (κ2) is 4.41. The van der Waals surface area contributed by atoms with Gasteiger partial charge in [0.25, 0.3) is 0 Å². The van der Waals surface area contributed by atoms with E-state index in [4.69, 9.17) is 0 Å². The molecule has 0 saturated carbocycles. The third-order valence-corrected chi connectivity index (χ3v) is 2.90. The van der Waals surface area contributed by atoms with Gasteiger partial charge in [0.05, 0.1) is 4.47 Å². The standard InChI is InChI=1S/C9H4Br2F3N3/c10-5-3-6(11)8(15-4-5)17-2-1-7(16-17)9(12,13)14/h1-4H. The summed E-state index contributed by atoms with van der Waals surface area (Å²) in [6.07, 6.45) is -1.76. The molecule has 0 aromatic carbocycles. The first-order chi connectivity index (χ1) is 7.88. The van der Waals surface area contributed by atoms with E-state index >= 15 is 0 Å². The molecule has 0 amide bonds. The molecule has 0 saturated heterocycles. The molecule has 8 heteroatoms. The van der Waals surface area contributed by atoms with Gasteiger partial charge in [-0.25, -0.2) is 9.67 Å². The minimum atomic E-state index is -4.45. The number of hydrogen-bond acceptors (Lipinski definition) is 2. The Labute approximate surface area is 111 Å². The number of pyridine rings is 1. The highest BCUT2D eigenvalue weighted by Crippen LogP contribution is 2.29. The molecule has 0 atom stereocenters. The Bertz CT molecular complexity index is 551. The van der Waals surface area contributed by atoms with Gasteiger partial charge < -0.3 is 0 Å². The highest BCUT2D eigenvalue weighted by Gasteiger charge is 2.33. The Kier molecular flexibility index (Phi) is 3.26. The van der Waals surface area contributed by atoms with Crippen LogP contribution in [0, 0.1) is 0 Å². The fourth-order valence-electron chi connectivity index (χ4n) is 1.17. The van der Waals surface area contributed by atoms with E-state index in [-0.39, 0.29) is 0 Å². The zero-order valence-corrected chi connectivity index (χ0v) is 11.2. The highest BCUT2D eigenvalue weighted by molar-refractivity contribution is 9.11. The van der Waals surface area contributed by atoms with Crippen molar-refractivity contribution in [1.29, 1.82) is 0 Å². The lowest BCUT2D eigenvalue weighted by molar-refractivity contribution is -0.141. The van der Waals surface area contributed by atoms with Crippen molar-refractivity contribution in [2.75, 3.05) is 0 Å². The van der Waals surface area contributed by atoms with Crippen LogP contribution in [-0.2, 0) is 6.18 Å². The van der Waals surface area contributed by atoms with Crippen molar-refractivity contribution < 1.29 is 13.2 Å². The molecule has 2 rings (SSSR count). The number of nitrogens with zero attached hydrogens (tertiary/aromatic N) is 3. The molecule has 0 N–H and O–H groups in total. The molecule has 17 heavy (non-hydrogen) atoms. The van der Waals surface area contributed by atoms with Crippen LogP contribution in [0.25, 0.3) is 5.82 Å². The van der Waals surface area contributed by atoms with Crippen LogP contribution >= 0.6 is 31.9 Å². The first-order valence-corrected chi connectivity index (χ1v) is 5.91. The average Bonchev–Trinajstić information content (AvgIpc) is 2.65. The first kappa shape index (κ1) is 12.6. The molecule has 0 radical (unpaired) electrons. The number of aromatic nitrogens is 3. The fraction of sp³-hybridized carbons (Fsp3) is 0.111. The van der Waals surface area contributed by atoms with Crippen LogP contribution in [0.2, 0.25) is 0 Å². The molecule has 0 bridgehead atoms. The third kappa shape index (κ3) is 2.68. The van der Waals surface area contributed by atoms with Crippen LogP contribution in [0.5, 0.6) is 0 Å². The average molecular weight is 371 g/mol. The lowest BCUT2D eigenvalue weighted by Gasteiger charge is -2.04. The quantitative estimate of drug-likeness (QED) is 0.764. The molecule has 0 aliphatic rings. The van der Waals surface area contributed by atoms with Crippen molar-refractivity contribution in [1.82, 2.24) is 14.8 Å². The van der Waals surface area contributed by atoms with E-state index in [1.54, 1.807) is 6.07 Å². The maximum atomic E-state index is 12.4. The molecule has 90 valence electrons. The summed E-state index contributed by atoms with van der Waals surface area (Å²) in [7, 11) is 0. The predicted octanol–water partition coefficient (Wildman–Crippen LogP) is 3.81. The Morgan fingerprint density at radius 2 is 1.94 bits per heavy atom. The van der Waals surface area contributed by atoms with Crippen LogP contribution in [-0.4, -0.2) is 14.8 Å². The van der Waals surface area contributed by atoms with Gasteiger partial charge in [-0.15, -0.1) is 0 Å². The summed E-state index contributed by atoms with van der Waals surface area (Å²) in [5.74, 6) is 0.295. The summed E-state index contributed by atoms with van der Waals surface area (Å²) in [5, 5.41) is 3.43. The predicted molar refractivity (Wildman–Crippen MR) is 61.8 cm³/mol. The van der Waals surface area contributed by atoms with Crippen molar-refractivity contribution >= 4 is 31.9 Å². The van der Waals surface area contributed by atoms with Crippen molar-refractivity contribution in [3.05, 3.63) is 39.2 Å². The zero-order valence-electron chi connectivity index (χ0n) is 8.04. The van der Waals surface area contributed by atoms with Crippen LogP contribution in [0.3, 0.4) is 0 Å². The molecule has 0 aliphatic heterocycles. The summed E-state index contributed by atoms with van der Waals surface area (Å²) < 4.78 is 39.4. The maximum Gasteiger partial charge on any atom is 0.435 e. The largest absolute Gasteiger partial charge is 0.435 e. The molecule has 2 aromatic rings. The summed E-state index contributed by atoms with van der Waals surface area (Å²) in [5.41, 5.74) is -0.950. The van der Waals surface area contributed by atoms with Crippen LogP contribution in [0.15, 0.2) is 33.5 Å². The van der Waals surface area contributed by atoms with Gasteiger partial charge in [-0.2, -0.15) is 18.3 Å². The Balaban J connectivity index is 2.44. The first-order valence-electron chi connectivity index (χ1n) is 4.32. The van der Waals surface area contributed by atoms with E-state index in [1.165, 1.54) is 12.4 Å². The molecule has 0 fully saturated rings. The molecule has 2 heterocycles. The number of halogens is 5. The van der Waals surface area contributed by atoms with E-state index in [2.05, 4.69) is 41.9 Å². The summed E-state index contributed by atoms with van der Waals surface area (Å²) in [6, 6.07) is 2.58. The minimum absolute atomic E-state index is 0.295.